The molecular weight excluding hydrogens is 282 g/mol. The van der Waals surface area contributed by atoms with Crippen molar-refractivity contribution < 1.29 is 9.84 Å². The Kier molecular flexibility index (Phi) is 6.73. The van der Waals surface area contributed by atoms with Crippen molar-refractivity contribution in [3.05, 3.63) is 33.8 Å². The molecule has 0 unspecified atom stereocenters. The van der Waals surface area contributed by atoms with E-state index in [1.165, 1.54) is 11.1 Å². The molecule has 0 saturated heterocycles. The Morgan fingerprint density at radius 3 is 2.71 bits per heavy atom. The van der Waals surface area contributed by atoms with Crippen molar-refractivity contribution in [2.75, 3.05) is 33.4 Å². The van der Waals surface area contributed by atoms with Gasteiger partial charge in [0.05, 0.1) is 13.2 Å². The standard InChI is InChI=1S/C13H20BrNO2/c1-11-3-4-12(13(14)9-11)10-15(5-7-16)6-8-17-2/h3-4,9,16H,5-8,10H2,1-2H3. The summed E-state index contributed by atoms with van der Waals surface area (Å²) in [5.74, 6) is 0. The van der Waals surface area contributed by atoms with Gasteiger partial charge in [-0.05, 0) is 24.1 Å². The van der Waals surface area contributed by atoms with Crippen molar-refractivity contribution in [1.29, 1.82) is 0 Å². The first-order valence-corrected chi connectivity index (χ1v) is 6.54. The van der Waals surface area contributed by atoms with E-state index in [1.54, 1.807) is 7.11 Å². The number of halogens is 1. The zero-order chi connectivity index (χ0) is 12.7. The molecule has 0 heterocycles. The first kappa shape index (κ1) is 14.6. The maximum Gasteiger partial charge on any atom is 0.0589 e. The van der Waals surface area contributed by atoms with Gasteiger partial charge in [-0.2, -0.15) is 0 Å². The number of aliphatic hydroxyl groups excluding tert-OH is 1. The summed E-state index contributed by atoms with van der Waals surface area (Å²) in [5.41, 5.74) is 2.48. The maximum atomic E-state index is 9.03. The van der Waals surface area contributed by atoms with E-state index in [2.05, 4.69) is 46.0 Å². The molecule has 96 valence electrons. The average Bonchev–Trinajstić information content (AvgIpc) is 2.29. The van der Waals surface area contributed by atoms with Crippen molar-refractivity contribution in [3.63, 3.8) is 0 Å². The van der Waals surface area contributed by atoms with Crippen molar-refractivity contribution in [2.45, 2.75) is 13.5 Å². The summed E-state index contributed by atoms with van der Waals surface area (Å²) in [6.45, 7) is 5.26. The van der Waals surface area contributed by atoms with E-state index in [1.807, 2.05) is 0 Å². The largest absolute Gasteiger partial charge is 0.395 e. The quantitative estimate of drug-likeness (QED) is 0.838. The van der Waals surface area contributed by atoms with E-state index < -0.39 is 0 Å². The summed E-state index contributed by atoms with van der Waals surface area (Å²) in [4.78, 5) is 2.18. The van der Waals surface area contributed by atoms with Gasteiger partial charge in [-0.1, -0.05) is 28.1 Å². The van der Waals surface area contributed by atoms with Gasteiger partial charge >= 0.3 is 0 Å². The van der Waals surface area contributed by atoms with Crippen LogP contribution in [0.4, 0.5) is 0 Å². The van der Waals surface area contributed by atoms with Gasteiger partial charge in [0.1, 0.15) is 0 Å². The summed E-state index contributed by atoms with van der Waals surface area (Å²) in [6, 6.07) is 6.34. The molecule has 0 aromatic heterocycles. The molecule has 0 aliphatic carbocycles. The van der Waals surface area contributed by atoms with Crippen LogP contribution in [0.25, 0.3) is 0 Å². The van der Waals surface area contributed by atoms with Crippen LogP contribution in [0.3, 0.4) is 0 Å². The Labute approximate surface area is 112 Å². The average molecular weight is 302 g/mol. The molecule has 1 N–H and O–H groups in total. The molecule has 0 amide bonds. The minimum atomic E-state index is 0.174. The highest BCUT2D eigenvalue weighted by molar-refractivity contribution is 9.10. The number of aliphatic hydroxyl groups is 1. The molecular formula is C13H20BrNO2. The maximum absolute atomic E-state index is 9.03. The molecule has 3 nitrogen and oxygen atoms in total. The number of ether oxygens (including phenoxy) is 1. The van der Waals surface area contributed by atoms with Gasteiger partial charge in [0.15, 0.2) is 0 Å². The molecule has 1 aromatic rings. The second kappa shape index (κ2) is 7.82. The molecule has 4 heteroatoms. The lowest BCUT2D eigenvalue weighted by Crippen LogP contribution is -2.30. The summed E-state index contributed by atoms with van der Waals surface area (Å²) in [6.07, 6.45) is 0. The van der Waals surface area contributed by atoms with Crippen LogP contribution in [-0.4, -0.2) is 43.4 Å². The van der Waals surface area contributed by atoms with Gasteiger partial charge in [0, 0.05) is 31.2 Å². The van der Waals surface area contributed by atoms with Crippen molar-refractivity contribution in [1.82, 2.24) is 4.90 Å². The first-order chi connectivity index (χ1) is 8.17. The van der Waals surface area contributed by atoms with Crippen LogP contribution in [0.2, 0.25) is 0 Å². The van der Waals surface area contributed by atoms with Gasteiger partial charge in [-0.3, -0.25) is 4.90 Å². The van der Waals surface area contributed by atoms with Crippen LogP contribution < -0.4 is 0 Å². The fraction of sp³-hybridized carbons (Fsp3) is 0.538. The number of nitrogens with zero attached hydrogens (tertiary/aromatic N) is 1. The Bertz CT molecular complexity index is 344. The first-order valence-electron chi connectivity index (χ1n) is 5.74. The molecule has 0 atom stereocenters. The summed E-state index contributed by atoms with van der Waals surface area (Å²) >= 11 is 3.57. The normalized spacial score (nSPS) is 11.1. The fourth-order valence-electron chi connectivity index (χ4n) is 1.65. The Balaban J connectivity index is 2.64. The summed E-state index contributed by atoms with van der Waals surface area (Å²) < 4.78 is 6.19. The van der Waals surface area contributed by atoms with Gasteiger partial charge < -0.3 is 9.84 Å². The lowest BCUT2D eigenvalue weighted by Gasteiger charge is -2.21. The predicted molar refractivity (Wildman–Crippen MR) is 73.1 cm³/mol. The van der Waals surface area contributed by atoms with E-state index in [9.17, 15) is 0 Å². The molecule has 0 aliphatic heterocycles. The SMILES string of the molecule is COCCN(CCO)Cc1ccc(C)cc1Br. The second-order valence-corrected chi connectivity index (χ2v) is 4.94. The second-order valence-electron chi connectivity index (χ2n) is 4.09. The third-order valence-corrected chi connectivity index (χ3v) is 3.37. The van der Waals surface area contributed by atoms with Crippen LogP contribution in [0.5, 0.6) is 0 Å². The van der Waals surface area contributed by atoms with Crippen LogP contribution in [-0.2, 0) is 11.3 Å². The molecule has 1 aromatic carbocycles. The van der Waals surface area contributed by atoms with E-state index in [4.69, 9.17) is 9.84 Å². The summed E-state index contributed by atoms with van der Waals surface area (Å²) in [5, 5.41) is 9.03. The highest BCUT2D eigenvalue weighted by Gasteiger charge is 2.07. The third kappa shape index (κ3) is 5.17. The third-order valence-electron chi connectivity index (χ3n) is 2.63. The molecule has 1 rings (SSSR count). The van der Waals surface area contributed by atoms with Crippen LogP contribution in [0.15, 0.2) is 22.7 Å². The Morgan fingerprint density at radius 1 is 1.35 bits per heavy atom. The lowest BCUT2D eigenvalue weighted by molar-refractivity contribution is 0.126. The van der Waals surface area contributed by atoms with E-state index in [0.29, 0.717) is 13.2 Å². The zero-order valence-corrected chi connectivity index (χ0v) is 12.0. The molecule has 0 radical (unpaired) electrons. The lowest BCUT2D eigenvalue weighted by atomic mass is 10.1. The molecule has 0 bridgehead atoms. The highest BCUT2D eigenvalue weighted by atomic mass is 79.9. The van der Waals surface area contributed by atoms with Gasteiger partial charge in [0.25, 0.3) is 0 Å². The number of hydrogen-bond donors (Lipinski definition) is 1. The van der Waals surface area contributed by atoms with Gasteiger partial charge in [-0.15, -0.1) is 0 Å². The van der Waals surface area contributed by atoms with E-state index in [-0.39, 0.29) is 6.61 Å². The number of aryl methyl sites for hydroxylation is 1. The van der Waals surface area contributed by atoms with Crippen molar-refractivity contribution in [3.8, 4) is 0 Å². The molecule has 0 fully saturated rings. The minimum Gasteiger partial charge on any atom is -0.395 e. The van der Waals surface area contributed by atoms with Crippen LogP contribution >= 0.6 is 15.9 Å². The highest BCUT2D eigenvalue weighted by Crippen LogP contribution is 2.19. The molecule has 0 saturated carbocycles. The Morgan fingerprint density at radius 2 is 2.12 bits per heavy atom. The fourth-order valence-corrected chi connectivity index (χ4v) is 2.27. The molecule has 0 spiro atoms. The topological polar surface area (TPSA) is 32.7 Å². The summed E-state index contributed by atoms with van der Waals surface area (Å²) in [7, 11) is 1.69. The monoisotopic (exact) mass is 301 g/mol. The van der Waals surface area contributed by atoms with E-state index >= 15 is 0 Å². The minimum absolute atomic E-state index is 0.174. The smallest absolute Gasteiger partial charge is 0.0589 e. The van der Waals surface area contributed by atoms with Gasteiger partial charge in [0.2, 0.25) is 0 Å². The number of methoxy groups -OCH3 is 1. The Hall–Kier alpha value is -0.420. The van der Waals surface area contributed by atoms with Crippen molar-refractivity contribution in [2.24, 2.45) is 0 Å². The van der Waals surface area contributed by atoms with Crippen molar-refractivity contribution >= 4 is 15.9 Å². The van der Waals surface area contributed by atoms with E-state index in [0.717, 1.165) is 17.6 Å². The van der Waals surface area contributed by atoms with Crippen LogP contribution in [0, 0.1) is 6.92 Å². The number of benzene rings is 1. The van der Waals surface area contributed by atoms with Crippen LogP contribution in [0.1, 0.15) is 11.1 Å². The predicted octanol–water partition coefficient (Wildman–Crippen LogP) is 2.20. The molecule has 0 aliphatic rings. The van der Waals surface area contributed by atoms with Gasteiger partial charge in [-0.25, -0.2) is 0 Å². The molecule has 17 heavy (non-hydrogen) atoms. The number of rotatable bonds is 7. The number of hydrogen-bond acceptors (Lipinski definition) is 3. The zero-order valence-electron chi connectivity index (χ0n) is 10.4.